The summed E-state index contributed by atoms with van der Waals surface area (Å²) in [5, 5.41) is 0. The number of likely N-dealkylation sites (N-methyl/N-ethyl adjacent to an activating group) is 1. The molecule has 0 aromatic carbocycles. The van der Waals surface area contributed by atoms with Crippen molar-refractivity contribution in [1.82, 2.24) is 0 Å². The Kier molecular flexibility index (Phi) is 38.0. The van der Waals surface area contributed by atoms with Gasteiger partial charge in [0.2, 0.25) is 0 Å². The molecule has 0 aromatic rings. The highest BCUT2D eigenvalue weighted by Crippen LogP contribution is 2.43. The predicted molar refractivity (Wildman–Crippen MR) is 238 cm³/mol. The molecule has 0 aliphatic heterocycles. The lowest BCUT2D eigenvalue weighted by Crippen LogP contribution is -2.37. The lowest BCUT2D eigenvalue weighted by molar-refractivity contribution is -0.870. The van der Waals surface area contributed by atoms with Crippen LogP contribution in [0.2, 0.25) is 0 Å². The first kappa shape index (κ1) is 55.0. The van der Waals surface area contributed by atoms with E-state index in [0.29, 0.717) is 17.4 Å². The number of rotatable bonds is 41. The first-order chi connectivity index (χ1) is 27.5. The number of carbonyl (C=O) groups excluding carboxylic acids is 2. The SMILES string of the molecule is CC/C=C\C/C=C\C/C=C\C/C=C\CCCCC(=O)O[C@H](COC(=O)CCCCCCCCCCCCCCCCCCCC)COP(=O)(O)OCC[N+](C)(C)C. The summed E-state index contributed by atoms with van der Waals surface area (Å²) in [5.41, 5.74) is 0. The first-order valence-corrected chi connectivity index (χ1v) is 24.4. The third kappa shape index (κ3) is 43.4. The molecule has 0 saturated heterocycles. The molecule has 0 aromatic heterocycles. The minimum absolute atomic E-state index is 0.0232. The van der Waals surface area contributed by atoms with E-state index in [2.05, 4.69) is 62.5 Å². The van der Waals surface area contributed by atoms with Crippen molar-refractivity contribution in [3.63, 3.8) is 0 Å². The van der Waals surface area contributed by atoms with Gasteiger partial charge in [0, 0.05) is 12.8 Å². The van der Waals surface area contributed by atoms with Crippen LogP contribution >= 0.6 is 7.82 Å². The number of quaternary nitrogens is 1. The fraction of sp³-hybridized carbons (Fsp3) is 0.787. The predicted octanol–water partition coefficient (Wildman–Crippen LogP) is 13.1. The summed E-state index contributed by atoms with van der Waals surface area (Å²) in [6.07, 6.45) is 45.9. The third-order valence-electron chi connectivity index (χ3n) is 9.62. The van der Waals surface area contributed by atoms with E-state index in [1.165, 1.54) is 96.3 Å². The van der Waals surface area contributed by atoms with Crippen LogP contribution in [0.15, 0.2) is 48.6 Å². The summed E-state index contributed by atoms with van der Waals surface area (Å²) >= 11 is 0. The molecule has 0 aliphatic rings. The van der Waals surface area contributed by atoms with Gasteiger partial charge >= 0.3 is 19.8 Å². The van der Waals surface area contributed by atoms with Crippen LogP contribution < -0.4 is 0 Å². The number of ether oxygens (including phenoxy) is 2. The van der Waals surface area contributed by atoms with Crippen LogP contribution in [0.1, 0.15) is 187 Å². The molecule has 0 spiro atoms. The topological polar surface area (TPSA) is 108 Å². The largest absolute Gasteiger partial charge is 0.472 e. The number of phosphoric acid groups is 1. The van der Waals surface area contributed by atoms with E-state index in [9.17, 15) is 19.0 Å². The first-order valence-electron chi connectivity index (χ1n) is 22.9. The van der Waals surface area contributed by atoms with Gasteiger partial charge in [-0.3, -0.25) is 18.6 Å². The Morgan fingerprint density at radius 3 is 1.49 bits per heavy atom. The van der Waals surface area contributed by atoms with E-state index >= 15 is 0 Å². The maximum atomic E-state index is 12.7. The Bertz CT molecular complexity index is 1110. The molecular formula is C47H87NO8P+. The van der Waals surface area contributed by atoms with Gasteiger partial charge in [0.1, 0.15) is 19.8 Å². The van der Waals surface area contributed by atoms with Crippen molar-refractivity contribution in [2.24, 2.45) is 0 Å². The molecule has 0 fully saturated rings. The quantitative estimate of drug-likeness (QED) is 0.0213. The van der Waals surface area contributed by atoms with Gasteiger partial charge in [-0.15, -0.1) is 0 Å². The van der Waals surface area contributed by atoms with Crippen LogP contribution in [0, 0.1) is 0 Å². The second kappa shape index (κ2) is 39.4. The Morgan fingerprint density at radius 1 is 0.561 bits per heavy atom. The number of allylic oxidation sites excluding steroid dienone is 8. The van der Waals surface area contributed by atoms with E-state index in [0.717, 1.165) is 57.8 Å². The van der Waals surface area contributed by atoms with Gasteiger partial charge in [-0.05, 0) is 51.4 Å². The van der Waals surface area contributed by atoms with E-state index in [4.69, 9.17) is 18.5 Å². The molecule has 0 bridgehead atoms. The molecule has 332 valence electrons. The van der Waals surface area contributed by atoms with E-state index < -0.39 is 26.5 Å². The standard InChI is InChI=1S/C47H86NO8P/c1-6-8-10-12-14-16-18-20-22-23-24-26-27-29-31-33-35-37-39-46(49)53-43-45(44-55-57(51,52)54-42-41-48(3,4)5)56-47(50)40-38-36-34-32-30-28-25-21-19-17-15-13-11-9-7-2/h9,11,15,17,21,25,30,32,45H,6-8,10,12-14,16,18-20,22-24,26-29,31,33-44H2,1-5H3/p+1/b11-9-,17-15-,25-21-,32-30-/t45-/m1/s1. The molecule has 2 atom stereocenters. The molecule has 0 aliphatic carbocycles. The zero-order chi connectivity index (χ0) is 42.1. The second-order valence-electron chi connectivity index (χ2n) is 16.4. The lowest BCUT2D eigenvalue weighted by Gasteiger charge is -2.24. The van der Waals surface area contributed by atoms with Gasteiger partial charge in [-0.1, -0.05) is 172 Å². The van der Waals surface area contributed by atoms with Gasteiger partial charge in [-0.2, -0.15) is 0 Å². The minimum atomic E-state index is -4.39. The number of hydrogen-bond acceptors (Lipinski definition) is 7. The highest BCUT2D eigenvalue weighted by atomic mass is 31.2. The van der Waals surface area contributed by atoms with E-state index in [-0.39, 0.29) is 32.0 Å². The van der Waals surface area contributed by atoms with Crippen LogP contribution in [0.4, 0.5) is 0 Å². The maximum absolute atomic E-state index is 12.7. The van der Waals surface area contributed by atoms with Crippen molar-refractivity contribution < 1.29 is 42.1 Å². The fourth-order valence-electron chi connectivity index (χ4n) is 6.06. The van der Waals surface area contributed by atoms with E-state index in [1.54, 1.807) is 0 Å². The molecule has 0 radical (unpaired) electrons. The van der Waals surface area contributed by atoms with Crippen molar-refractivity contribution in [3.05, 3.63) is 48.6 Å². The van der Waals surface area contributed by atoms with Gasteiger partial charge in [0.25, 0.3) is 0 Å². The zero-order valence-electron chi connectivity index (χ0n) is 37.3. The number of hydrogen-bond donors (Lipinski definition) is 1. The van der Waals surface area contributed by atoms with Crippen molar-refractivity contribution in [2.45, 2.75) is 193 Å². The van der Waals surface area contributed by atoms with Crippen molar-refractivity contribution in [1.29, 1.82) is 0 Å². The number of nitrogens with zero attached hydrogens (tertiary/aromatic N) is 1. The molecule has 0 amide bonds. The monoisotopic (exact) mass is 825 g/mol. The second-order valence-corrected chi connectivity index (χ2v) is 17.9. The van der Waals surface area contributed by atoms with Crippen LogP contribution in [0.25, 0.3) is 0 Å². The maximum Gasteiger partial charge on any atom is 0.472 e. The van der Waals surface area contributed by atoms with Crippen LogP contribution in [0.5, 0.6) is 0 Å². The molecule has 0 heterocycles. The van der Waals surface area contributed by atoms with Crippen LogP contribution in [-0.4, -0.2) is 74.9 Å². The molecule has 57 heavy (non-hydrogen) atoms. The number of carbonyl (C=O) groups is 2. The molecular weight excluding hydrogens is 737 g/mol. The van der Waals surface area contributed by atoms with Gasteiger partial charge in [-0.25, -0.2) is 4.57 Å². The van der Waals surface area contributed by atoms with Gasteiger partial charge < -0.3 is 18.9 Å². The molecule has 0 saturated carbocycles. The summed E-state index contributed by atoms with van der Waals surface area (Å²) in [7, 11) is 1.45. The highest BCUT2D eigenvalue weighted by Gasteiger charge is 2.27. The number of unbranched alkanes of at least 4 members (excludes halogenated alkanes) is 19. The van der Waals surface area contributed by atoms with E-state index in [1.807, 2.05) is 21.1 Å². The van der Waals surface area contributed by atoms with Crippen molar-refractivity contribution in [2.75, 3.05) is 47.5 Å². The molecule has 0 rings (SSSR count). The molecule has 1 N–H and O–H groups in total. The highest BCUT2D eigenvalue weighted by molar-refractivity contribution is 7.47. The van der Waals surface area contributed by atoms with Crippen molar-refractivity contribution >= 4 is 19.8 Å². The van der Waals surface area contributed by atoms with Gasteiger partial charge in [0.15, 0.2) is 6.10 Å². The smallest absolute Gasteiger partial charge is 0.462 e. The van der Waals surface area contributed by atoms with Crippen LogP contribution in [0.3, 0.4) is 0 Å². The Morgan fingerprint density at radius 2 is 1.00 bits per heavy atom. The molecule has 10 heteroatoms. The Balaban J connectivity index is 4.36. The lowest BCUT2D eigenvalue weighted by atomic mass is 10.0. The molecule has 9 nitrogen and oxygen atoms in total. The Labute approximate surface area is 350 Å². The fourth-order valence-corrected chi connectivity index (χ4v) is 6.81. The summed E-state index contributed by atoms with van der Waals surface area (Å²) < 4.78 is 34.3. The van der Waals surface area contributed by atoms with Crippen LogP contribution in [-0.2, 0) is 32.7 Å². The summed E-state index contributed by atoms with van der Waals surface area (Å²) in [5.74, 6) is -0.844. The summed E-state index contributed by atoms with van der Waals surface area (Å²) in [4.78, 5) is 35.4. The zero-order valence-corrected chi connectivity index (χ0v) is 38.2. The summed E-state index contributed by atoms with van der Waals surface area (Å²) in [6.45, 7) is 4.27. The Hall–Kier alpha value is -2.03. The normalized spacial score (nSPS) is 14.0. The summed E-state index contributed by atoms with van der Waals surface area (Å²) in [6, 6.07) is 0. The number of phosphoric ester groups is 1. The minimum Gasteiger partial charge on any atom is -0.462 e. The average Bonchev–Trinajstić information content (AvgIpc) is 3.16. The average molecular weight is 825 g/mol. The molecule has 1 unspecified atom stereocenters. The number of esters is 2. The third-order valence-corrected chi connectivity index (χ3v) is 10.6. The van der Waals surface area contributed by atoms with Crippen molar-refractivity contribution in [3.8, 4) is 0 Å². The van der Waals surface area contributed by atoms with Gasteiger partial charge in [0.05, 0.1) is 27.7 Å².